The van der Waals surface area contributed by atoms with Crippen LogP contribution >= 0.6 is 0 Å². The molecule has 8 aromatic carbocycles. The smallest absolute Gasteiger partial charge is 0.0725 e. The monoisotopic (exact) mass is 759 g/mol. The first-order chi connectivity index (χ1) is 29.2. The molecule has 0 aromatic heterocycles. The molecule has 3 aliphatic carbocycles. The molecule has 0 saturated heterocycles. The van der Waals surface area contributed by atoms with E-state index in [-0.39, 0.29) is 10.8 Å². The number of anilines is 3. The molecule has 1 heteroatoms. The predicted molar refractivity (Wildman–Crippen MR) is 248 cm³/mol. The lowest BCUT2D eigenvalue weighted by Crippen LogP contribution is -2.25. The van der Waals surface area contributed by atoms with E-state index in [4.69, 9.17) is 0 Å². The summed E-state index contributed by atoms with van der Waals surface area (Å²) in [5.74, 6) is 0. The number of fused-ring (bicyclic) bond motifs is 13. The van der Waals surface area contributed by atoms with Crippen molar-refractivity contribution in [3.8, 4) is 44.5 Å². The van der Waals surface area contributed by atoms with Crippen LogP contribution in [0.2, 0.25) is 0 Å². The van der Waals surface area contributed by atoms with Crippen LogP contribution in [0.25, 0.3) is 44.5 Å². The fourth-order valence-corrected chi connectivity index (χ4v) is 11.3. The molecule has 0 radical (unpaired) electrons. The van der Waals surface area contributed by atoms with Gasteiger partial charge in [0.1, 0.15) is 0 Å². The molecule has 1 spiro atoms. The van der Waals surface area contributed by atoms with Gasteiger partial charge in [-0.05, 0) is 133 Å². The number of rotatable bonds is 10. The summed E-state index contributed by atoms with van der Waals surface area (Å²) in [4.78, 5) is 2.47. The topological polar surface area (TPSA) is 3.24 Å². The van der Waals surface area contributed by atoms with Gasteiger partial charge in [0.2, 0.25) is 0 Å². The molecule has 0 amide bonds. The van der Waals surface area contributed by atoms with Crippen LogP contribution in [0.4, 0.5) is 17.1 Å². The fourth-order valence-electron chi connectivity index (χ4n) is 11.3. The van der Waals surface area contributed by atoms with Gasteiger partial charge in [0.15, 0.2) is 0 Å². The summed E-state index contributed by atoms with van der Waals surface area (Å²) in [7, 11) is 0. The largest absolute Gasteiger partial charge is 0.310 e. The summed E-state index contributed by atoms with van der Waals surface area (Å²) in [6.07, 6.45) is 7.19. The molecule has 59 heavy (non-hydrogen) atoms. The van der Waals surface area contributed by atoms with Gasteiger partial charge >= 0.3 is 0 Å². The summed E-state index contributed by atoms with van der Waals surface area (Å²) < 4.78 is 0. The van der Waals surface area contributed by atoms with Crippen molar-refractivity contribution in [3.05, 3.63) is 221 Å². The van der Waals surface area contributed by atoms with Crippen molar-refractivity contribution in [1.82, 2.24) is 0 Å². The normalized spacial score (nSPS) is 14.3. The number of benzene rings is 8. The molecule has 8 aromatic rings. The van der Waals surface area contributed by atoms with Crippen LogP contribution in [0.15, 0.2) is 188 Å². The predicted octanol–water partition coefficient (Wildman–Crippen LogP) is 15.8. The van der Waals surface area contributed by atoms with Gasteiger partial charge in [-0.25, -0.2) is 0 Å². The Balaban J connectivity index is 1.05. The lowest BCUT2D eigenvalue weighted by molar-refractivity contribution is 0.414. The van der Waals surface area contributed by atoms with E-state index in [0.29, 0.717) is 0 Å². The van der Waals surface area contributed by atoms with Gasteiger partial charge < -0.3 is 4.90 Å². The van der Waals surface area contributed by atoms with Crippen LogP contribution in [-0.2, 0) is 10.8 Å². The Kier molecular flexibility index (Phi) is 8.55. The third-order valence-corrected chi connectivity index (χ3v) is 13.9. The van der Waals surface area contributed by atoms with E-state index in [9.17, 15) is 0 Å². The highest BCUT2D eigenvalue weighted by Gasteiger charge is 2.51. The SMILES string of the molecule is CCCCC1(CCCC)c2ccccc2-c2ccc(N(c3ccccc3)c3cccc(-c4ccc5c(c4)-c4ccccc4C54c5ccccc5-c5ccccc54)c3)cc21. The number of hydrogen-bond acceptors (Lipinski definition) is 1. The van der Waals surface area contributed by atoms with Crippen LogP contribution in [0.1, 0.15) is 85.8 Å². The molecule has 286 valence electrons. The van der Waals surface area contributed by atoms with Crippen molar-refractivity contribution >= 4 is 17.1 Å². The van der Waals surface area contributed by atoms with Crippen LogP contribution in [0.3, 0.4) is 0 Å². The van der Waals surface area contributed by atoms with Gasteiger partial charge in [0.25, 0.3) is 0 Å². The molecule has 0 bridgehead atoms. The average molecular weight is 760 g/mol. The standard InChI is InChI=1S/C58H49N/c1-3-5-35-57(36-6-4-2)51-27-14-10-23-45(51)49-33-32-44(39-56(49)57)59(42-20-8-7-9-21-42)43-22-18-19-40(37-43)41-31-34-55-50(38-41)48-26-13-17-30-54(48)58(55)52-28-15-11-24-46(52)47-25-12-16-29-53(47)58/h7-34,37-39H,3-6,35-36H2,1-2H3. The summed E-state index contributed by atoms with van der Waals surface area (Å²) in [5.41, 5.74) is 22.3. The molecule has 0 aliphatic heterocycles. The highest BCUT2D eigenvalue weighted by atomic mass is 15.1. The van der Waals surface area contributed by atoms with Gasteiger partial charge in [-0.3, -0.25) is 0 Å². The Bertz CT molecular complexity index is 2830. The van der Waals surface area contributed by atoms with Gasteiger partial charge in [0, 0.05) is 22.5 Å². The zero-order valence-corrected chi connectivity index (χ0v) is 34.1. The second-order valence-electron chi connectivity index (χ2n) is 16.9. The third kappa shape index (κ3) is 5.23. The van der Waals surface area contributed by atoms with Gasteiger partial charge in [-0.1, -0.05) is 185 Å². The quantitative estimate of drug-likeness (QED) is 0.134. The minimum atomic E-state index is -0.333. The molecule has 0 N–H and O–H groups in total. The Hall–Kier alpha value is -6.44. The number of unbranched alkanes of at least 4 members (excludes halogenated alkanes) is 2. The molecule has 0 heterocycles. The van der Waals surface area contributed by atoms with Gasteiger partial charge in [0.05, 0.1) is 5.41 Å². The molecule has 0 saturated carbocycles. The van der Waals surface area contributed by atoms with Gasteiger partial charge in [-0.15, -0.1) is 0 Å². The van der Waals surface area contributed by atoms with E-state index < -0.39 is 0 Å². The van der Waals surface area contributed by atoms with Crippen LogP contribution in [0.5, 0.6) is 0 Å². The number of para-hydroxylation sites is 1. The first-order valence-corrected chi connectivity index (χ1v) is 21.8. The second-order valence-corrected chi connectivity index (χ2v) is 16.9. The number of hydrogen-bond donors (Lipinski definition) is 0. The second kappa shape index (κ2) is 14.1. The lowest BCUT2D eigenvalue weighted by Gasteiger charge is -2.34. The van der Waals surface area contributed by atoms with Crippen LogP contribution in [-0.4, -0.2) is 0 Å². The molecule has 11 rings (SSSR count). The molecule has 3 aliphatic rings. The van der Waals surface area contributed by atoms with E-state index in [1.807, 2.05) is 0 Å². The average Bonchev–Trinajstić information content (AvgIpc) is 3.87. The van der Waals surface area contributed by atoms with E-state index in [0.717, 1.165) is 11.4 Å². The maximum Gasteiger partial charge on any atom is 0.0725 e. The van der Waals surface area contributed by atoms with Gasteiger partial charge in [-0.2, -0.15) is 0 Å². The van der Waals surface area contributed by atoms with E-state index in [1.54, 1.807) is 0 Å². The zero-order chi connectivity index (χ0) is 39.6. The van der Waals surface area contributed by atoms with Crippen molar-refractivity contribution in [2.24, 2.45) is 0 Å². The van der Waals surface area contributed by atoms with Crippen LogP contribution in [0, 0.1) is 0 Å². The lowest BCUT2D eigenvalue weighted by atomic mass is 9.70. The molecule has 1 nitrogen and oxygen atoms in total. The third-order valence-electron chi connectivity index (χ3n) is 13.9. The number of nitrogens with zero attached hydrogens (tertiary/aromatic N) is 1. The Morgan fingerprint density at radius 2 is 0.814 bits per heavy atom. The van der Waals surface area contributed by atoms with Crippen molar-refractivity contribution in [3.63, 3.8) is 0 Å². The summed E-state index contributed by atoms with van der Waals surface area (Å²) in [5, 5.41) is 0. The van der Waals surface area contributed by atoms with Crippen molar-refractivity contribution < 1.29 is 0 Å². The Labute approximate surface area is 349 Å². The van der Waals surface area contributed by atoms with E-state index in [2.05, 4.69) is 207 Å². The highest BCUT2D eigenvalue weighted by Crippen LogP contribution is 2.63. The van der Waals surface area contributed by atoms with Crippen LogP contribution < -0.4 is 4.90 Å². The first-order valence-electron chi connectivity index (χ1n) is 21.8. The first kappa shape index (κ1) is 35.7. The van der Waals surface area contributed by atoms with Crippen molar-refractivity contribution in [2.75, 3.05) is 4.90 Å². The zero-order valence-electron chi connectivity index (χ0n) is 34.1. The summed E-state index contributed by atoms with van der Waals surface area (Å²) in [6, 6.07) is 71.2. The minimum Gasteiger partial charge on any atom is -0.310 e. The molecule has 0 unspecified atom stereocenters. The Morgan fingerprint density at radius 3 is 1.44 bits per heavy atom. The fraction of sp³-hybridized carbons (Fsp3) is 0.172. The molecule has 0 atom stereocenters. The van der Waals surface area contributed by atoms with Crippen molar-refractivity contribution in [1.29, 1.82) is 0 Å². The molecular weight excluding hydrogens is 711 g/mol. The molecular formula is C58H49N. The van der Waals surface area contributed by atoms with E-state index >= 15 is 0 Å². The summed E-state index contributed by atoms with van der Waals surface area (Å²) in [6.45, 7) is 4.67. The Morgan fingerprint density at radius 1 is 0.339 bits per heavy atom. The van der Waals surface area contributed by atoms with E-state index in [1.165, 1.54) is 122 Å². The maximum atomic E-state index is 2.55. The molecule has 0 fully saturated rings. The maximum absolute atomic E-state index is 2.55. The van der Waals surface area contributed by atoms with Crippen molar-refractivity contribution in [2.45, 2.75) is 63.2 Å². The summed E-state index contributed by atoms with van der Waals surface area (Å²) >= 11 is 0. The highest BCUT2D eigenvalue weighted by molar-refractivity contribution is 5.96. The minimum absolute atomic E-state index is 0.0244.